The second kappa shape index (κ2) is 7.28. The van der Waals surface area contributed by atoms with Crippen LogP contribution in [0.25, 0.3) is 0 Å². The number of rotatable bonds is 4. The van der Waals surface area contributed by atoms with Gasteiger partial charge in [-0.3, -0.25) is 9.36 Å². The molecule has 1 saturated heterocycles. The lowest BCUT2D eigenvalue weighted by Gasteiger charge is -2.33. The first-order valence-corrected chi connectivity index (χ1v) is 8.74. The van der Waals surface area contributed by atoms with Gasteiger partial charge in [-0.2, -0.15) is 0 Å². The number of piperazine rings is 1. The van der Waals surface area contributed by atoms with E-state index in [1.807, 2.05) is 30.5 Å². The summed E-state index contributed by atoms with van der Waals surface area (Å²) < 4.78 is 2.55. The van der Waals surface area contributed by atoms with Crippen LogP contribution in [0.1, 0.15) is 21.6 Å². The molecule has 8 heteroatoms. The lowest BCUT2D eigenvalue weighted by molar-refractivity contribution is -0.923. The van der Waals surface area contributed by atoms with Crippen molar-refractivity contribution in [2.75, 3.05) is 31.1 Å². The number of amides is 1. The fourth-order valence-electron chi connectivity index (χ4n) is 3.28. The van der Waals surface area contributed by atoms with Gasteiger partial charge < -0.3 is 15.5 Å². The van der Waals surface area contributed by atoms with Crippen molar-refractivity contribution in [2.45, 2.75) is 20.5 Å². The molecule has 3 rings (SSSR count). The zero-order valence-corrected chi connectivity index (χ0v) is 15.3. The summed E-state index contributed by atoms with van der Waals surface area (Å²) in [6, 6.07) is 3.80. The number of anilines is 1. The van der Waals surface area contributed by atoms with Crippen molar-refractivity contribution in [3.05, 3.63) is 46.0 Å². The van der Waals surface area contributed by atoms with E-state index in [1.54, 1.807) is 12.4 Å². The maximum atomic E-state index is 11.7. The number of nitrogens with two attached hydrogens (primary N) is 1. The Morgan fingerprint density at radius 3 is 2.52 bits per heavy atom. The van der Waals surface area contributed by atoms with E-state index in [9.17, 15) is 4.79 Å². The number of pyridine rings is 1. The molecule has 2 aromatic heterocycles. The third-order valence-electron chi connectivity index (χ3n) is 4.64. The topological polar surface area (TPSA) is 81.5 Å². The number of nitrogens with one attached hydrogen (secondary N) is 1. The van der Waals surface area contributed by atoms with E-state index in [1.165, 1.54) is 4.90 Å². The summed E-state index contributed by atoms with van der Waals surface area (Å²) in [5.74, 6) is 0.318. The molecule has 0 atom stereocenters. The number of hydrogen-bond acceptors (Lipinski definition) is 5. The molecule has 1 fully saturated rings. The Balaban J connectivity index is 1.73. The van der Waals surface area contributed by atoms with Crippen LogP contribution in [0.3, 0.4) is 0 Å². The molecule has 0 bridgehead atoms. The number of carbonyl (C=O) groups excluding carboxylic acids is 1. The van der Waals surface area contributed by atoms with Crippen molar-refractivity contribution < 1.29 is 9.69 Å². The van der Waals surface area contributed by atoms with Crippen molar-refractivity contribution in [2.24, 2.45) is 5.73 Å². The minimum Gasteiger partial charge on any atom is -0.365 e. The van der Waals surface area contributed by atoms with Crippen LogP contribution in [0.15, 0.2) is 24.5 Å². The Kier molecular flexibility index (Phi) is 5.10. The Bertz CT molecular complexity index is 827. The smallest absolute Gasteiger partial charge is 0.251 e. The molecule has 1 aliphatic rings. The summed E-state index contributed by atoms with van der Waals surface area (Å²) in [5.41, 5.74) is 7.85. The van der Waals surface area contributed by atoms with Crippen LogP contribution in [-0.2, 0) is 6.67 Å². The summed E-state index contributed by atoms with van der Waals surface area (Å²) in [5, 5.41) is 0. The number of quaternary nitrogens is 1. The zero-order valence-electron chi connectivity index (χ0n) is 14.5. The van der Waals surface area contributed by atoms with E-state index in [2.05, 4.69) is 14.9 Å². The molecule has 7 nitrogen and oxygen atoms in total. The van der Waals surface area contributed by atoms with Gasteiger partial charge in [0, 0.05) is 18.1 Å². The molecule has 2 aromatic rings. The molecule has 1 aliphatic heterocycles. The highest BCUT2D eigenvalue weighted by Crippen LogP contribution is 2.13. The van der Waals surface area contributed by atoms with Gasteiger partial charge in [0.25, 0.3) is 5.91 Å². The molecule has 0 spiro atoms. The first-order chi connectivity index (χ1) is 12.0. The molecule has 0 saturated carbocycles. The van der Waals surface area contributed by atoms with Gasteiger partial charge in [0.2, 0.25) is 5.95 Å². The van der Waals surface area contributed by atoms with Gasteiger partial charge in [-0.05, 0) is 31.5 Å². The predicted octanol–water partition coefficient (Wildman–Crippen LogP) is 0.0859. The Morgan fingerprint density at radius 1 is 1.28 bits per heavy atom. The average Bonchev–Trinajstić information content (AvgIpc) is 2.59. The summed E-state index contributed by atoms with van der Waals surface area (Å²) in [7, 11) is 0. The zero-order chi connectivity index (χ0) is 18.0. The SMILES string of the molecule is Cc1cc(C)n(C[NH+]2CCN(c3ncccn3)CC2)c(=S)c1C(N)=O. The maximum absolute atomic E-state index is 11.7. The number of aryl methyl sites for hydroxylation is 2. The maximum Gasteiger partial charge on any atom is 0.251 e. The van der Waals surface area contributed by atoms with Gasteiger partial charge >= 0.3 is 0 Å². The van der Waals surface area contributed by atoms with E-state index in [0.717, 1.165) is 50.1 Å². The van der Waals surface area contributed by atoms with Gasteiger partial charge in [0.05, 0.1) is 31.7 Å². The molecular weight excluding hydrogens is 336 g/mol. The normalized spacial score (nSPS) is 15.4. The molecular formula is C17H23N6OS+. The molecule has 0 aromatic carbocycles. The molecule has 0 unspecified atom stereocenters. The Morgan fingerprint density at radius 2 is 1.92 bits per heavy atom. The minimum absolute atomic E-state index is 0.455. The molecule has 3 N–H and O–H groups in total. The second-order valence-electron chi connectivity index (χ2n) is 6.39. The minimum atomic E-state index is -0.461. The quantitative estimate of drug-likeness (QED) is 0.756. The predicted molar refractivity (Wildman–Crippen MR) is 98.2 cm³/mol. The second-order valence-corrected chi connectivity index (χ2v) is 6.77. The fourth-order valence-corrected chi connectivity index (χ4v) is 3.75. The first kappa shape index (κ1) is 17.5. The third kappa shape index (κ3) is 3.69. The van der Waals surface area contributed by atoms with E-state index >= 15 is 0 Å². The summed E-state index contributed by atoms with van der Waals surface area (Å²) >= 11 is 5.53. The Hall–Kier alpha value is -2.32. The van der Waals surface area contributed by atoms with Crippen LogP contribution in [0.4, 0.5) is 5.95 Å². The van der Waals surface area contributed by atoms with Gasteiger partial charge in [0.15, 0.2) is 6.67 Å². The molecule has 1 amide bonds. The summed E-state index contributed by atoms with van der Waals surface area (Å²) in [6.45, 7) is 8.31. The van der Waals surface area contributed by atoms with E-state index in [0.29, 0.717) is 10.2 Å². The highest BCUT2D eigenvalue weighted by Gasteiger charge is 2.23. The lowest BCUT2D eigenvalue weighted by Crippen LogP contribution is -3.14. The first-order valence-electron chi connectivity index (χ1n) is 8.33. The van der Waals surface area contributed by atoms with E-state index < -0.39 is 5.91 Å². The average molecular weight is 359 g/mol. The molecule has 25 heavy (non-hydrogen) atoms. The van der Waals surface area contributed by atoms with Crippen LogP contribution in [0, 0.1) is 18.5 Å². The van der Waals surface area contributed by atoms with Crippen LogP contribution < -0.4 is 15.5 Å². The largest absolute Gasteiger partial charge is 0.365 e. The highest BCUT2D eigenvalue weighted by atomic mass is 32.1. The lowest BCUT2D eigenvalue weighted by atomic mass is 10.1. The number of primary amides is 1. The molecule has 0 aliphatic carbocycles. The molecule has 0 radical (unpaired) electrons. The monoisotopic (exact) mass is 359 g/mol. The van der Waals surface area contributed by atoms with Crippen LogP contribution >= 0.6 is 12.2 Å². The number of nitrogens with zero attached hydrogens (tertiary/aromatic N) is 4. The third-order valence-corrected chi connectivity index (χ3v) is 5.06. The van der Waals surface area contributed by atoms with Gasteiger partial charge in [-0.25, -0.2) is 9.97 Å². The summed E-state index contributed by atoms with van der Waals surface area (Å²) in [6.07, 6.45) is 3.53. The van der Waals surface area contributed by atoms with Crippen molar-refractivity contribution in [1.29, 1.82) is 0 Å². The fraction of sp³-hybridized carbons (Fsp3) is 0.412. The standard InChI is InChI=1S/C17H22N6OS/c1-12-10-13(2)23(16(25)14(12)15(18)24)11-21-6-8-22(9-7-21)17-19-4-3-5-20-17/h3-5,10H,6-9,11H2,1-2H3,(H2,18,24)/p+1. The molecule has 132 valence electrons. The van der Waals surface area contributed by atoms with Crippen molar-refractivity contribution in [3.63, 3.8) is 0 Å². The van der Waals surface area contributed by atoms with Crippen LogP contribution in [-0.4, -0.2) is 46.6 Å². The van der Waals surface area contributed by atoms with Crippen LogP contribution in [0.2, 0.25) is 0 Å². The van der Waals surface area contributed by atoms with Crippen LogP contribution in [0.5, 0.6) is 0 Å². The summed E-state index contributed by atoms with van der Waals surface area (Å²) in [4.78, 5) is 23.9. The van der Waals surface area contributed by atoms with Crippen molar-refractivity contribution in [1.82, 2.24) is 14.5 Å². The Labute approximate surface area is 152 Å². The van der Waals surface area contributed by atoms with Gasteiger partial charge in [0.1, 0.15) is 4.64 Å². The van der Waals surface area contributed by atoms with Gasteiger partial charge in [-0.15, -0.1) is 0 Å². The van der Waals surface area contributed by atoms with Gasteiger partial charge in [-0.1, -0.05) is 12.2 Å². The van der Waals surface area contributed by atoms with Crippen molar-refractivity contribution in [3.8, 4) is 0 Å². The number of carbonyl (C=O) groups is 1. The van der Waals surface area contributed by atoms with Crippen molar-refractivity contribution >= 4 is 24.1 Å². The number of aromatic nitrogens is 3. The molecule has 3 heterocycles. The number of hydrogen-bond donors (Lipinski definition) is 2. The highest BCUT2D eigenvalue weighted by molar-refractivity contribution is 7.71. The van der Waals surface area contributed by atoms with E-state index in [4.69, 9.17) is 18.0 Å². The van der Waals surface area contributed by atoms with E-state index in [-0.39, 0.29) is 0 Å².